The molecule has 5 heteroatoms. The first-order valence-corrected chi connectivity index (χ1v) is 8.72. The summed E-state index contributed by atoms with van der Waals surface area (Å²) in [5, 5.41) is 3.33. The Kier molecular flexibility index (Phi) is 4.74. The summed E-state index contributed by atoms with van der Waals surface area (Å²) in [5.41, 5.74) is 1.03. The lowest BCUT2D eigenvalue weighted by Crippen LogP contribution is -2.50. The fourth-order valence-corrected chi connectivity index (χ4v) is 4.31. The van der Waals surface area contributed by atoms with E-state index in [2.05, 4.69) is 20.2 Å². The van der Waals surface area contributed by atoms with Gasteiger partial charge < -0.3 is 4.90 Å². The van der Waals surface area contributed by atoms with Crippen LogP contribution < -0.4 is 0 Å². The summed E-state index contributed by atoms with van der Waals surface area (Å²) < 4.78 is 0. The van der Waals surface area contributed by atoms with Crippen LogP contribution in [0.2, 0.25) is 0 Å². The Bertz CT molecular complexity index is 409. The summed E-state index contributed by atoms with van der Waals surface area (Å²) in [6.45, 7) is 6.36. The Morgan fingerprint density at radius 1 is 1.37 bits per heavy atom. The minimum absolute atomic E-state index is 0.542. The zero-order valence-corrected chi connectivity index (χ0v) is 12.9. The van der Waals surface area contributed by atoms with Gasteiger partial charge in [0.1, 0.15) is 0 Å². The van der Waals surface area contributed by atoms with Crippen LogP contribution in [-0.2, 0) is 12.3 Å². The van der Waals surface area contributed by atoms with Gasteiger partial charge >= 0.3 is 0 Å². The first kappa shape index (κ1) is 13.8. The molecule has 1 aromatic rings. The van der Waals surface area contributed by atoms with E-state index in [9.17, 15) is 0 Å². The number of nitrogens with zero attached hydrogens (tertiary/aromatic N) is 3. The number of fused-ring (bicyclic) bond motifs is 1. The molecule has 1 atom stereocenters. The molecule has 0 radical (unpaired) electrons. The molecule has 0 bridgehead atoms. The zero-order valence-electron chi connectivity index (χ0n) is 11.4. The van der Waals surface area contributed by atoms with E-state index in [1.807, 2.05) is 0 Å². The Morgan fingerprint density at radius 2 is 2.32 bits per heavy atom. The normalized spacial score (nSPS) is 24.8. The van der Waals surface area contributed by atoms with E-state index in [1.54, 1.807) is 11.3 Å². The minimum Gasteiger partial charge on any atom is -0.300 e. The average molecular weight is 300 g/mol. The van der Waals surface area contributed by atoms with E-state index in [-0.39, 0.29) is 0 Å². The molecule has 0 amide bonds. The number of hydrogen-bond donors (Lipinski definition) is 0. The first-order chi connectivity index (χ1) is 9.35. The molecule has 3 heterocycles. The topological polar surface area (TPSA) is 19.4 Å². The van der Waals surface area contributed by atoms with Gasteiger partial charge in [0.15, 0.2) is 0 Å². The van der Waals surface area contributed by atoms with Crippen molar-refractivity contribution in [2.24, 2.45) is 0 Å². The van der Waals surface area contributed by atoms with Crippen molar-refractivity contribution in [2.75, 3.05) is 32.7 Å². The van der Waals surface area contributed by atoms with Crippen molar-refractivity contribution in [3.8, 4) is 0 Å². The Morgan fingerprint density at radius 3 is 3.16 bits per heavy atom. The van der Waals surface area contributed by atoms with Crippen LogP contribution in [0.5, 0.6) is 0 Å². The van der Waals surface area contributed by atoms with Crippen LogP contribution in [0, 0.1) is 0 Å². The van der Waals surface area contributed by atoms with E-state index < -0.39 is 0 Å². The predicted octanol–water partition coefficient (Wildman–Crippen LogP) is 2.59. The van der Waals surface area contributed by atoms with Crippen molar-refractivity contribution in [3.05, 3.63) is 16.1 Å². The number of hydrogen-bond acceptors (Lipinski definition) is 4. The van der Waals surface area contributed by atoms with Gasteiger partial charge in [-0.25, -0.2) is 4.98 Å². The molecule has 0 saturated carbocycles. The molecule has 2 fully saturated rings. The molecule has 19 heavy (non-hydrogen) atoms. The van der Waals surface area contributed by atoms with Crippen molar-refractivity contribution in [2.45, 2.75) is 37.6 Å². The van der Waals surface area contributed by atoms with Gasteiger partial charge in [-0.3, -0.25) is 4.90 Å². The Labute approximate surface area is 124 Å². The summed E-state index contributed by atoms with van der Waals surface area (Å²) in [4.78, 5) is 9.84. The lowest BCUT2D eigenvalue weighted by Gasteiger charge is -2.37. The second kappa shape index (κ2) is 6.53. The van der Waals surface area contributed by atoms with Gasteiger partial charge in [0, 0.05) is 37.5 Å². The monoisotopic (exact) mass is 299 g/mol. The number of aryl methyl sites for hydroxylation is 1. The van der Waals surface area contributed by atoms with Crippen LogP contribution in [0.3, 0.4) is 0 Å². The molecule has 1 aromatic heterocycles. The maximum absolute atomic E-state index is 5.78. The van der Waals surface area contributed by atoms with Crippen LogP contribution in [0.4, 0.5) is 0 Å². The van der Waals surface area contributed by atoms with Crippen molar-refractivity contribution in [1.29, 1.82) is 0 Å². The maximum Gasteiger partial charge on any atom is 0.0929 e. The SMILES string of the molecule is ClCc1csc(CCCN2CCN3CCCC3C2)n1. The van der Waals surface area contributed by atoms with Crippen molar-refractivity contribution >= 4 is 22.9 Å². The van der Waals surface area contributed by atoms with Crippen LogP contribution in [0.15, 0.2) is 5.38 Å². The fraction of sp³-hybridized carbons (Fsp3) is 0.786. The number of thiazole rings is 1. The molecule has 3 rings (SSSR count). The molecule has 0 spiro atoms. The quantitative estimate of drug-likeness (QED) is 0.779. The Hall–Kier alpha value is -0.160. The molecular formula is C14H22ClN3S. The summed E-state index contributed by atoms with van der Waals surface area (Å²) in [5.74, 6) is 0.542. The third kappa shape index (κ3) is 3.48. The molecular weight excluding hydrogens is 278 g/mol. The van der Waals surface area contributed by atoms with E-state index in [0.29, 0.717) is 5.88 Å². The highest BCUT2D eigenvalue weighted by molar-refractivity contribution is 7.09. The van der Waals surface area contributed by atoms with E-state index in [1.165, 1.54) is 57.0 Å². The average Bonchev–Trinajstić information content (AvgIpc) is 3.06. The van der Waals surface area contributed by atoms with Crippen LogP contribution in [-0.4, -0.2) is 53.5 Å². The minimum atomic E-state index is 0.542. The van der Waals surface area contributed by atoms with Crippen molar-refractivity contribution in [3.63, 3.8) is 0 Å². The van der Waals surface area contributed by atoms with Crippen molar-refractivity contribution < 1.29 is 0 Å². The highest BCUT2D eigenvalue weighted by atomic mass is 35.5. The number of aromatic nitrogens is 1. The number of rotatable bonds is 5. The molecule has 1 unspecified atom stereocenters. The van der Waals surface area contributed by atoms with E-state index in [0.717, 1.165) is 18.2 Å². The van der Waals surface area contributed by atoms with Crippen LogP contribution >= 0.6 is 22.9 Å². The van der Waals surface area contributed by atoms with Crippen LogP contribution in [0.1, 0.15) is 30.0 Å². The van der Waals surface area contributed by atoms with Gasteiger partial charge in [-0.1, -0.05) is 0 Å². The van der Waals surface area contributed by atoms with E-state index >= 15 is 0 Å². The standard InChI is InChI=1S/C14H22ClN3S/c15-9-12-11-19-14(16-12)4-2-5-17-7-8-18-6-1-3-13(18)10-17/h11,13H,1-10H2. The molecule has 0 aliphatic carbocycles. The molecule has 3 nitrogen and oxygen atoms in total. The second-order valence-corrected chi connectivity index (χ2v) is 6.81. The van der Waals surface area contributed by atoms with Crippen molar-refractivity contribution in [1.82, 2.24) is 14.8 Å². The van der Waals surface area contributed by atoms with Gasteiger partial charge in [0.05, 0.1) is 16.6 Å². The lowest BCUT2D eigenvalue weighted by atomic mass is 10.1. The molecule has 2 aliphatic heterocycles. The number of alkyl halides is 1. The van der Waals surface area contributed by atoms with Gasteiger partial charge in [-0.15, -0.1) is 22.9 Å². The first-order valence-electron chi connectivity index (χ1n) is 7.31. The van der Waals surface area contributed by atoms with E-state index in [4.69, 9.17) is 11.6 Å². The molecule has 106 valence electrons. The highest BCUT2D eigenvalue weighted by Crippen LogP contribution is 2.21. The molecule has 0 N–H and O–H groups in total. The Balaban J connectivity index is 1.40. The molecule has 2 saturated heterocycles. The third-order valence-electron chi connectivity index (χ3n) is 4.27. The fourth-order valence-electron chi connectivity index (χ4n) is 3.24. The number of piperazine rings is 1. The maximum atomic E-state index is 5.78. The second-order valence-electron chi connectivity index (χ2n) is 5.60. The van der Waals surface area contributed by atoms with Gasteiger partial charge in [0.25, 0.3) is 0 Å². The third-order valence-corrected chi connectivity index (χ3v) is 5.50. The zero-order chi connectivity index (χ0) is 13.1. The van der Waals surface area contributed by atoms with Crippen LogP contribution in [0.25, 0.3) is 0 Å². The summed E-state index contributed by atoms with van der Waals surface area (Å²) in [6, 6.07) is 0.844. The van der Waals surface area contributed by atoms with Gasteiger partial charge in [-0.05, 0) is 32.4 Å². The summed E-state index contributed by atoms with van der Waals surface area (Å²) in [7, 11) is 0. The van der Waals surface area contributed by atoms with Gasteiger partial charge in [0.2, 0.25) is 0 Å². The highest BCUT2D eigenvalue weighted by Gasteiger charge is 2.29. The summed E-state index contributed by atoms with van der Waals surface area (Å²) in [6.07, 6.45) is 5.13. The molecule has 0 aromatic carbocycles. The predicted molar refractivity (Wildman–Crippen MR) is 81.0 cm³/mol. The molecule has 2 aliphatic rings. The lowest BCUT2D eigenvalue weighted by molar-refractivity contribution is 0.104. The summed E-state index contributed by atoms with van der Waals surface area (Å²) >= 11 is 7.53. The van der Waals surface area contributed by atoms with Gasteiger partial charge in [-0.2, -0.15) is 0 Å². The largest absolute Gasteiger partial charge is 0.300 e. The number of halogens is 1. The smallest absolute Gasteiger partial charge is 0.0929 e.